The summed E-state index contributed by atoms with van der Waals surface area (Å²) in [6.45, 7) is 4.35. The summed E-state index contributed by atoms with van der Waals surface area (Å²) in [5.41, 5.74) is 0. The van der Waals surface area contributed by atoms with Crippen molar-refractivity contribution in [3.8, 4) is 0 Å². The molecule has 0 aliphatic carbocycles. The number of aliphatic hydroxyl groups is 1. The van der Waals surface area contributed by atoms with E-state index in [4.69, 9.17) is 0 Å². The first-order valence-electron chi connectivity index (χ1n) is 5.68. The molecule has 0 fully saturated rings. The van der Waals surface area contributed by atoms with Crippen molar-refractivity contribution in [3.63, 3.8) is 0 Å². The highest BCUT2D eigenvalue weighted by Gasteiger charge is 2.10. The summed E-state index contributed by atoms with van der Waals surface area (Å²) in [4.78, 5) is 1.20. The molecule has 1 N–H and O–H groups in total. The van der Waals surface area contributed by atoms with Crippen molar-refractivity contribution in [1.82, 2.24) is 0 Å². The van der Waals surface area contributed by atoms with Crippen LogP contribution in [0.4, 0.5) is 0 Å². The molecule has 90 valence electrons. The van der Waals surface area contributed by atoms with Crippen LogP contribution in [0.25, 0.3) is 0 Å². The predicted octanol–water partition coefficient (Wildman–Crippen LogP) is 4.34. The molecule has 0 aromatic heterocycles. The Morgan fingerprint density at radius 2 is 2.06 bits per heavy atom. The molecule has 0 spiro atoms. The minimum absolute atomic E-state index is 0.202. The fourth-order valence-electron chi connectivity index (χ4n) is 1.45. The molecule has 1 aromatic rings. The van der Waals surface area contributed by atoms with Crippen LogP contribution < -0.4 is 0 Å². The molecule has 1 nitrogen and oxygen atoms in total. The smallest absolute Gasteiger partial charge is 0.0636 e. The van der Waals surface area contributed by atoms with Gasteiger partial charge in [-0.15, -0.1) is 11.8 Å². The van der Waals surface area contributed by atoms with E-state index in [0.29, 0.717) is 5.92 Å². The van der Waals surface area contributed by atoms with E-state index >= 15 is 0 Å². The lowest BCUT2D eigenvalue weighted by Gasteiger charge is -2.14. The van der Waals surface area contributed by atoms with Crippen molar-refractivity contribution in [2.75, 3.05) is 5.75 Å². The van der Waals surface area contributed by atoms with Gasteiger partial charge in [-0.2, -0.15) is 0 Å². The SMILES string of the molecule is CCC(C)CC(O)CSc1ccccc1Br. The van der Waals surface area contributed by atoms with E-state index in [1.807, 2.05) is 18.2 Å². The van der Waals surface area contributed by atoms with E-state index in [1.165, 1.54) is 4.90 Å². The summed E-state index contributed by atoms with van der Waals surface area (Å²) in [6.07, 6.45) is 1.83. The molecule has 1 aromatic carbocycles. The zero-order valence-electron chi connectivity index (χ0n) is 9.82. The van der Waals surface area contributed by atoms with Crippen molar-refractivity contribution in [2.24, 2.45) is 5.92 Å². The standard InChI is InChI=1S/C13H19BrOS/c1-3-10(2)8-11(15)9-16-13-7-5-4-6-12(13)14/h4-7,10-11,15H,3,8-9H2,1-2H3. The van der Waals surface area contributed by atoms with Crippen molar-refractivity contribution in [1.29, 1.82) is 0 Å². The summed E-state index contributed by atoms with van der Waals surface area (Å²) in [5, 5.41) is 9.87. The van der Waals surface area contributed by atoms with E-state index in [-0.39, 0.29) is 6.10 Å². The largest absolute Gasteiger partial charge is 0.392 e. The third-order valence-electron chi connectivity index (χ3n) is 2.64. The van der Waals surface area contributed by atoms with Crippen LogP contribution in [0, 0.1) is 5.92 Å². The molecular weight excluding hydrogens is 284 g/mol. The molecule has 0 saturated heterocycles. The summed E-state index contributed by atoms with van der Waals surface area (Å²) in [6, 6.07) is 8.13. The van der Waals surface area contributed by atoms with Gasteiger partial charge in [-0.25, -0.2) is 0 Å². The van der Waals surface area contributed by atoms with E-state index in [0.717, 1.165) is 23.1 Å². The molecule has 0 aliphatic rings. The van der Waals surface area contributed by atoms with Crippen molar-refractivity contribution < 1.29 is 5.11 Å². The fraction of sp³-hybridized carbons (Fsp3) is 0.538. The Morgan fingerprint density at radius 1 is 1.38 bits per heavy atom. The molecule has 2 unspecified atom stereocenters. The van der Waals surface area contributed by atoms with Gasteiger partial charge in [0.2, 0.25) is 0 Å². The Labute approximate surface area is 111 Å². The number of aliphatic hydroxyl groups excluding tert-OH is 1. The van der Waals surface area contributed by atoms with Gasteiger partial charge >= 0.3 is 0 Å². The van der Waals surface area contributed by atoms with Crippen molar-refractivity contribution in [3.05, 3.63) is 28.7 Å². The average molecular weight is 303 g/mol. The normalized spacial score (nSPS) is 14.8. The topological polar surface area (TPSA) is 20.2 Å². The second kappa shape index (κ2) is 7.36. The van der Waals surface area contributed by atoms with E-state index < -0.39 is 0 Å². The highest BCUT2D eigenvalue weighted by molar-refractivity contribution is 9.10. The second-order valence-corrected chi connectivity index (χ2v) is 6.06. The van der Waals surface area contributed by atoms with Gasteiger partial charge in [-0.3, -0.25) is 0 Å². The van der Waals surface area contributed by atoms with Crippen molar-refractivity contribution in [2.45, 2.75) is 37.7 Å². The Morgan fingerprint density at radius 3 is 2.69 bits per heavy atom. The highest BCUT2D eigenvalue weighted by atomic mass is 79.9. The molecular formula is C13H19BrOS. The minimum Gasteiger partial charge on any atom is -0.392 e. The maximum atomic E-state index is 9.87. The quantitative estimate of drug-likeness (QED) is 0.789. The third kappa shape index (κ3) is 4.89. The molecule has 0 amide bonds. The van der Waals surface area contributed by atoms with Gasteiger partial charge in [0, 0.05) is 15.1 Å². The maximum Gasteiger partial charge on any atom is 0.0636 e. The molecule has 0 radical (unpaired) electrons. The van der Waals surface area contributed by atoms with E-state index in [2.05, 4.69) is 35.8 Å². The number of thioether (sulfide) groups is 1. The first-order valence-corrected chi connectivity index (χ1v) is 7.46. The van der Waals surface area contributed by atoms with Crippen molar-refractivity contribution >= 4 is 27.7 Å². The summed E-state index contributed by atoms with van der Waals surface area (Å²) < 4.78 is 1.11. The summed E-state index contributed by atoms with van der Waals surface area (Å²) in [5.74, 6) is 1.38. The number of rotatable bonds is 6. The predicted molar refractivity (Wildman–Crippen MR) is 74.9 cm³/mol. The van der Waals surface area contributed by atoms with Gasteiger partial charge in [-0.05, 0) is 40.4 Å². The van der Waals surface area contributed by atoms with Gasteiger partial charge < -0.3 is 5.11 Å². The zero-order chi connectivity index (χ0) is 12.0. The van der Waals surface area contributed by atoms with E-state index in [9.17, 15) is 5.11 Å². The number of hydrogen-bond donors (Lipinski definition) is 1. The van der Waals surface area contributed by atoms with Crippen LogP contribution >= 0.6 is 27.7 Å². The Kier molecular flexibility index (Phi) is 6.47. The van der Waals surface area contributed by atoms with Crippen LogP contribution in [0.15, 0.2) is 33.6 Å². The van der Waals surface area contributed by atoms with Gasteiger partial charge in [0.25, 0.3) is 0 Å². The van der Waals surface area contributed by atoms with Crippen LogP contribution in [-0.2, 0) is 0 Å². The fourth-order valence-corrected chi connectivity index (χ4v) is 2.96. The number of hydrogen-bond acceptors (Lipinski definition) is 2. The average Bonchev–Trinajstić information content (AvgIpc) is 2.28. The lowest BCUT2D eigenvalue weighted by molar-refractivity contribution is 0.167. The third-order valence-corrected chi connectivity index (χ3v) is 4.81. The first-order chi connectivity index (χ1) is 7.63. The van der Waals surface area contributed by atoms with Crippen LogP contribution in [0.2, 0.25) is 0 Å². The molecule has 16 heavy (non-hydrogen) atoms. The van der Waals surface area contributed by atoms with Gasteiger partial charge in [-0.1, -0.05) is 32.4 Å². The highest BCUT2D eigenvalue weighted by Crippen LogP contribution is 2.28. The lowest BCUT2D eigenvalue weighted by Crippen LogP contribution is -2.13. The number of halogens is 1. The van der Waals surface area contributed by atoms with E-state index in [1.54, 1.807) is 11.8 Å². The molecule has 0 bridgehead atoms. The lowest BCUT2D eigenvalue weighted by atomic mass is 10.0. The van der Waals surface area contributed by atoms with Gasteiger partial charge in [0.05, 0.1) is 6.10 Å². The number of benzene rings is 1. The molecule has 0 aliphatic heterocycles. The van der Waals surface area contributed by atoms with Crippen LogP contribution in [0.1, 0.15) is 26.7 Å². The Bertz CT molecular complexity index is 317. The summed E-state index contributed by atoms with van der Waals surface area (Å²) in [7, 11) is 0. The minimum atomic E-state index is -0.202. The Balaban J connectivity index is 2.37. The Hall–Kier alpha value is 0.01000. The maximum absolute atomic E-state index is 9.87. The molecule has 0 heterocycles. The first kappa shape index (κ1) is 14.1. The second-order valence-electron chi connectivity index (χ2n) is 4.14. The molecule has 0 saturated carbocycles. The molecule has 3 heteroatoms. The monoisotopic (exact) mass is 302 g/mol. The van der Waals surface area contributed by atoms with Crippen LogP contribution in [0.3, 0.4) is 0 Å². The van der Waals surface area contributed by atoms with Crippen LogP contribution in [0.5, 0.6) is 0 Å². The summed E-state index contributed by atoms with van der Waals surface area (Å²) >= 11 is 5.22. The zero-order valence-corrected chi connectivity index (χ0v) is 12.2. The molecule has 2 atom stereocenters. The van der Waals surface area contributed by atoms with Crippen LogP contribution in [-0.4, -0.2) is 17.0 Å². The molecule has 1 rings (SSSR count). The van der Waals surface area contributed by atoms with Gasteiger partial charge in [0.15, 0.2) is 0 Å². The van der Waals surface area contributed by atoms with Gasteiger partial charge in [0.1, 0.15) is 0 Å².